The summed E-state index contributed by atoms with van der Waals surface area (Å²) >= 11 is 0. The fraction of sp³-hybridized carbons (Fsp3) is 0.222. The number of carbonyl (C=O) groups is 2. The second kappa shape index (κ2) is 8.20. The third kappa shape index (κ3) is 3.89. The number of hydrogen-bond donors (Lipinski definition) is 1. The normalized spacial score (nSPS) is 15.2. The van der Waals surface area contributed by atoms with Crippen molar-refractivity contribution in [2.45, 2.75) is 39.8 Å². The first-order chi connectivity index (χ1) is 15.9. The molecule has 2 heterocycles. The molecule has 0 spiro atoms. The van der Waals surface area contributed by atoms with Crippen molar-refractivity contribution in [3.8, 4) is 0 Å². The smallest absolute Gasteiger partial charge is 0.253 e. The second-order valence-corrected chi connectivity index (χ2v) is 8.77. The van der Waals surface area contributed by atoms with Crippen LogP contribution >= 0.6 is 0 Å². The van der Waals surface area contributed by atoms with Crippen molar-refractivity contribution in [2.75, 3.05) is 10.2 Å². The summed E-state index contributed by atoms with van der Waals surface area (Å²) in [6.07, 6.45) is 0.0455. The lowest BCUT2D eigenvalue weighted by atomic mass is 10.1. The minimum atomic E-state index is -0.636. The molecular formula is C27H26N4O2. The van der Waals surface area contributed by atoms with Gasteiger partial charge in [0, 0.05) is 5.69 Å². The Kier molecular flexibility index (Phi) is 5.21. The van der Waals surface area contributed by atoms with Crippen molar-refractivity contribution in [1.29, 1.82) is 0 Å². The van der Waals surface area contributed by atoms with Crippen molar-refractivity contribution >= 4 is 34.5 Å². The number of aryl methyl sites for hydroxylation is 3. The van der Waals surface area contributed by atoms with Gasteiger partial charge in [-0.3, -0.25) is 19.1 Å². The van der Waals surface area contributed by atoms with E-state index in [9.17, 15) is 9.59 Å². The van der Waals surface area contributed by atoms with Crippen molar-refractivity contribution in [2.24, 2.45) is 0 Å². The van der Waals surface area contributed by atoms with E-state index in [2.05, 4.69) is 5.32 Å². The van der Waals surface area contributed by atoms with E-state index in [1.54, 1.807) is 4.90 Å². The first kappa shape index (κ1) is 20.9. The van der Waals surface area contributed by atoms with E-state index in [-0.39, 0.29) is 18.2 Å². The van der Waals surface area contributed by atoms with E-state index in [4.69, 9.17) is 4.98 Å². The van der Waals surface area contributed by atoms with Gasteiger partial charge in [0.2, 0.25) is 11.9 Å². The molecule has 3 aromatic carbocycles. The average Bonchev–Trinajstić information content (AvgIpc) is 3.28. The van der Waals surface area contributed by atoms with Gasteiger partial charge in [-0.25, -0.2) is 4.98 Å². The molecule has 0 saturated heterocycles. The third-order valence-corrected chi connectivity index (χ3v) is 6.18. The Bertz CT molecular complexity index is 1370. The summed E-state index contributed by atoms with van der Waals surface area (Å²) in [4.78, 5) is 33.0. The molecule has 33 heavy (non-hydrogen) atoms. The SMILES string of the molecule is Cc1ccc(CN2C(=O)[C@H](CC(=O)Nc3ccc(C)cc3C)n3c2nc2ccccc23)cc1. The molecule has 2 amide bonds. The number of hydrogen-bond acceptors (Lipinski definition) is 3. The van der Waals surface area contributed by atoms with Gasteiger partial charge < -0.3 is 5.32 Å². The fourth-order valence-corrected chi connectivity index (χ4v) is 4.45. The number of amides is 2. The highest BCUT2D eigenvalue weighted by Crippen LogP contribution is 2.37. The highest BCUT2D eigenvalue weighted by atomic mass is 16.2. The third-order valence-electron chi connectivity index (χ3n) is 6.18. The number of aromatic nitrogens is 2. The predicted octanol–water partition coefficient (Wildman–Crippen LogP) is 5.08. The maximum atomic E-state index is 13.5. The van der Waals surface area contributed by atoms with Gasteiger partial charge in [-0.2, -0.15) is 0 Å². The minimum absolute atomic E-state index is 0.0455. The second-order valence-electron chi connectivity index (χ2n) is 8.77. The number of para-hydroxylation sites is 2. The Labute approximate surface area is 192 Å². The van der Waals surface area contributed by atoms with Crippen molar-refractivity contribution < 1.29 is 9.59 Å². The van der Waals surface area contributed by atoms with Crippen LogP contribution in [0.2, 0.25) is 0 Å². The molecular weight excluding hydrogens is 412 g/mol. The predicted molar refractivity (Wildman–Crippen MR) is 130 cm³/mol. The maximum Gasteiger partial charge on any atom is 0.253 e. The van der Waals surface area contributed by atoms with Crippen LogP contribution in [0.1, 0.15) is 34.7 Å². The maximum absolute atomic E-state index is 13.5. The molecule has 0 fully saturated rings. The average molecular weight is 439 g/mol. The number of nitrogens with zero attached hydrogens (tertiary/aromatic N) is 3. The van der Waals surface area contributed by atoms with Gasteiger partial charge in [0.05, 0.1) is 24.0 Å². The summed E-state index contributed by atoms with van der Waals surface area (Å²) in [7, 11) is 0. The van der Waals surface area contributed by atoms with Crippen LogP contribution < -0.4 is 10.2 Å². The van der Waals surface area contributed by atoms with E-state index < -0.39 is 6.04 Å². The first-order valence-electron chi connectivity index (χ1n) is 11.1. The number of benzene rings is 3. The van der Waals surface area contributed by atoms with Gasteiger partial charge in [0.1, 0.15) is 6.04 Å². The van der Waals surface area contributed by atoms with E-state index in [1.807, 2.05) is 92.1 Å². The number of nitrogens with one attached hydrogen (secondary N) is 1. The molecule has 0 saturated carbocycles. The van der Waals surface area contributed by atoms with E-state index in [0.717, 1.165) is 33.4 Å². The standard InChI is InChI=1S/C27H26N4O2/c1-17-8-11-20(12-9-17)16-30-26(33)24(31-23-7-5-4-6-22(23)29-27(30)31)15-25(32)28-21-13-10-18(2)14-19(21)3/h4-14,24H,15-16H2,1-3H3,(H,28,32)/t24-/m0/s1. The lowest BCUT2D eigenvalue weighted by Crippen LogP contribution is -2.31. The molecule has 1 aliphatic heterocycles. The van der Waals surface area contributed by atoms with Gasteiger partial charge in [0.15, 0.2) is 0 Å². The van der Waals surface area contributed by atoms with Crippen LogP contribution in [0.5, 0.6) is 0 Å². The Morgan fingerprint density at radius 1 is 0.970 bits per heavy atom. The molecule has 0 unspecified atom stereocenters. The minimum Gasteiger partial charge on any atom is -0.326 e. The van der Waals surface area contributed by atoms with Crippen LogP contribution in [0.3, 0.4) is 0 Å². The summed E-state index contributed by atoms with van der Waals surface area (Å²) in [6, 6.07) is 21.1. The summed E-state index contributed by atoms with van der Waals surface area (Å²) in [6.45, 7) is 6.44. The zero-order chi connectivity index (χ0) is 23.1. The van der Waals surface area contributed by atoms with E-state index in [0.29, 0.717) is 12.5 Å². The highest BCUT2D eigenvalue weighted by Gasteiger charge is 2.40. The van der Waals surface area contributed by atoms with Crippen LogP contribution in [0, 0.1) is 20.8 Å². The van der Waals surface area contributed by atoms with Crippen molar-refractivity contribution in [1.82, 2.24) is 9.55 Å². The lowest BCUT2D eigenvalue weighted by Gasteiger charge is -2.16. The molecule has 1 aromatic heterocycles. The number of fused-ring (bicyclic) bond motifs is 3. The molecule has 4 aromatic rings. The molecule has 1 aliphatic rings. The molecule has 1 atom stereocenters. The molecule has 1 N–H and O–H groups in total. The zero-order valence-corrected chi connectivity index (χ0v) is 19.0. The Morgan fingerprint density at radius 2 is 1.70 bits per heavy atom. The van der Waals surface area contributed by atoms with Gasteiger partial charge in [-0.05, 0) is 50.1 Å². The van der Waals surface area contributed by atoms with Crippen LogP contribution in [0.4, 0.5) is 11.6 Å². The quantitative estimate of drug-likeness (QED) is 0.473. The summed E-state index contributed by atoms with van der Waals surface area (Å²) in [5.41, 5.74) is 6.76. The van der Waals surface area contributed by atoms with Crippen molar-refractivity contribution in [3.05, 3.63) is 89.0 Å². The number of rotatable bonds is 5. The van der Waals surface area contributed by atoms with E-state index >= 15 is 0 Å². The molecule has 0 bridgehead atoms. The van der Waals surface area contributed by atoms with Gasteiger partial charge in [-0.1, -0.05) is 59.7 Å². The Balaban J connectivity index is 1.46. The van der Waals surface area contributed by atoms with Crippen LogP contribution in [-0.4, -0.2) is 21.4 Å². The molecule has 0 radical (unpaired) electrons. The van der Waals surface area contributed by atoms with Gasteiger partial charge >= 0.3 is 0 Å². The van der Waals surface area contributed by atoms with Crippen molar-refractivity contribution in [3.63, 3.8) is 0 Å². The Morgan fingerprint density at radius 3 is 2.45 bits per heavy atom. The topological polar surface area (TPSA) is 67.2 Å². The highest BCUT2D eigenvalue weighted by molar-refractivity contribution is 6.05. The molecule has 0 aliphatic carbocycles. The number of anilines is 2. The lowest BCUT2D eigenvalue weighted by molar-refractivity contribution is -0.124. The number of carbonyl (C=O) groups excluding carboxylic acids is 2. The summed E-state index contributed by atoms with van der Waals surface area (Å²) in [5.74, 6) is 0.284. The largest absolute Gasteiger partial charge is 0.326 e. The fourth-order valence-electron chi connectivity index (χ4n) is 4.45. The summed E-state index contributed by atoms with van der Waals surface area (Å²) in [5, 5.41) is 2.98. The molecule has 6 heteroatoms. The van der Waals surface area contributed by atoms with Crippen LogP contribution in [-0.2, 0) is 16.1 Å². The zero-order valence-electron chi connectivity index (χ0n) is 19.0. The van der Waals surface area contributed by atoms with Gasteiger partial charge in [-0.15, -0.1) is 0 Å². The van der Waals surface area contributed by atoms with E-state index in [1.165, 1.54) is 5.56 Å². The van der Waals surface area contributed by atoms with Gasteiger partial charge in [0.25, 0.3) is 5.91 Å². The summed E-state index contributed by atoms with van der Waals surface area (Å²) < 4.78 is 1.91. The monoisotopic (exact) mass is 438 g/mol. The molecule has 6 nitrogen and oxygen atoms in total. The molecule has 5 rings (SSSR count). The number of imidazole rings is 1. The first-order valence-corrected chi connectivity index (χ1v) is 11.1. The van der Waals surface area contributed by atoms with Crippen LogP contribution in [0.15, 0.2) is 66.7 Å². The van der Waals surface area contributed by atoms with Crippen LogP contribution in [0.25, 0.3) is 11.0 Å². The molecule has 166 valence electrons. The Hall–Kier alpha value is -3.93.